The van der Waals surface area contributed by atoms with E-state index < -0.39 is 0 Å². The van der Waals surface area contributed by atoms with Crippen LogP contribution in [0, 0.1) is 5.41 Å². The SMILES string of the molecule is CCCNCC(C)(CC)CN(C)CC. The van der Waals surface area contributed by atoms with Gasteiger partial charge in [0.15, 0.2) is 0 Å². The smallest absolute Gasteiger partial charge is 0.00442 e. The van der Waals surface area contributed by atoms with Crippen molar-refractivity contribution >= 4 is 0 Å². The van der Waals surface area contributed by atoms with E-state index in [0.717, 1.165) is 19.6 Å². The van der Waals surface area contributed by atoms with Crippen LogP contribution in [0.25, 0.3) is 0 Å². The largest absolute Gasteiger partial charge is 0.316 e. The highest BCUT2D eigenvalue weighted by molar-refractivity contribution is 4.78. The molecule has 86 valence electrons. The van der Waals surface area contributed by atoms with Gasteiger partial charge in [0.1, 0.15) is 0 Å². The lowest BCUT2D eigenvalue weighted by Gasteiger charge is -2.32. The van der Waals surface area contributed by atoms with Gasteiger partial charge in [-0.1, -0.05) is 27.7 Å². The minimum Gasteiger partial charge on any atom is -0.316 e. The molecule has 1 N–H and O–H groups in total. The first-order valence-corrected chi connectivity index (χ1v) is 5.97. The third kappa shape index (κ3) is 5.61. The predicted molar refractivity (Wildman–Crippen MR) is 64.7 cm³/mol. The molecule has 0 saturated carbocycles. The summed E-state index contributed by atoms with van der Waals surface area (Å²) in [5.41, 5.74) is 0.430. The van der Waals surface area contributed by atoms with Crippen LogP contribution in [0.15, 0.2) is 0 Å². The number of hydrogen-bond acceptors (Lipinski definition) is 2. The Bertz CT molecular complexity index is 136. The van der Waals surface area contributed by atoms with E-state index in [-0.39, 0.29) is 0 Å². The van der Waals surface area contributed by atoms with Gasteiger partial charge in [-0.05, 0) is 38.4 Å². The van der Waals surface area contributed by atoms with Gasteiger partial charge in [-0.25, -0.2) is 0 Å². The summed E-state index contributed by atoms with van der Waals surface area (Å²) in [4.78, 5) is 2.40. The van der Waals surface area contributed by atoms with E-state index in [1.54, 1.807) is 0 Å². The van der Waals surface area contributed by atoms with E-state index >= 15 is 0 Å². The van der Waals surface area contributed by atoms with Gasteiger partial charge in [0.2, 0.25) is 0 Å². The zero-order chi connectivity index (χ0) is 11.0. The Hall–Kier alpha value is -0.0800. The molecule has 0 amide bonds. The summed E-state index contributed by atoms with van der Waals surface area (Å²) in [6, 6.07) is 0. The van der Waals surface area contributed by atoms with Crippen LogP contribution in [-0.2, 0) is 0 Å². The van der Waals surface area contributed by atoms with Crippen LogP contribution in [-0.4, -0.2) is 38.1 Å². The highest BCUT2D eigenvalue weighted by atomic mass is 15.1. The second-order valence-electron chi connectivity index (χ2n) is 4.67. The fourth-order valence-corrected chi connectivity index (χ4v) is 1.62. The van der Waals surface area contributed by atoms with Gasteiger partial charge < -0.3 is 10.2 Å². The Kier molecular flexibility index (Phi) is 7.20. The molecule has 2 nitrogen and oxygen atoms in total. The van der Waals surface area contributed by atoms with Crippen molar-refractivity contribution in [2.45, 2.75) is 40.5 Å². The Morgan fingerprint density at radius 2 is 1.86 bits per heavy atom. The number of hydrogen-bond donors (Lipinski definition) is 1. The second-order valence-corrected chi connectivity index (χ2v) is 4.67. The molecule has 0 aliphatic heterocycles. The molecule has 0 saturated heterocycles. The molecule has 1 atom stereocenters. The average molecular weight is 200 g/mol. The molecule has 0 bridgehead atoms. The molecule has 0 heterocycles. The average Bonchev–Trinajstić information content (AvgIpc) is 2.18. The fraction of sp³-hybridized carbons (Fsp3) is 1.00. The molecule has 1 unspecified atom stereocenters. The van der Waals surface area contributed by atoms with Crippen molar-refractivity contribution in [3.63, 3.8) is 0 Å². The molecular weight excluding hydrogens is 172 g/mol. The topological polar surface area (TPSA) is 15.3 Å². The molecule has 0 radical (unpaired) electrons. The zero-order valence-electron chi connectivity index (χ0n) is 10.7. The van der Waals surface area contributed by atoms with Crippen molar-refractivity contribution in [1.29, 1.82) is 0 Å². The Labute approximate surface area is 90.1 Å². The normalized spacial score (nSPS) is 15.9. The van der Waals surface area contributed by atoms with Crippen LogP contribution in [0.1, 0.15) is 40.5 Å². The Morgan fingerprint density at radius 1 is 1.21 bits per heavy atom. The summed E-state index contributed by atoms with van der Waals surface area (Å²) in [7, 11) is 2.20. The van der Waals surface area contributed by atoms with Crippen LogP contribution < -0.4 is 5.32 Å². The lowest BCUT2D eigenvalue weighted by molar-refractivity contribution is 0.186. The fourth-order valence-electron chi connectivity index (χ4n) is 1.62. The van der Waals surface area contributed by atoms with Crippen molar-refractivity contribution in [2.24, 2.45) is 5.41 Å². The molecule has 0 fully saturated rings. The summed E-state index contributed by atoms with van der Waals surface area (Å²) < 4.78 is 0. The van der Waals surface area contributed by atoms with Crippen molar-refractivity contribution in [1.82, 2.24) is 10.2 Å². The van der Waals surface area contributed by atoms with Crippen LogP contribution in [0.3, 0.4) is 0 Å². The van der Waals surface area contributed by atoms with Crippen LogP contribution >= 0.6 is 0 Å². The van der Waals surface area contributed by atoms with Crippen molar-refractivity contribution < 1.29 is 0 Å². The third-order valence-corrected chi connectivity index (χ3v) is 3.02. The standard InChI is InChI=1S/C12H28N2/c1-6-9-13-10-12(4,7-2)11-14(5)8-3/h13H,6-11H2,1-5H3. The lowest BCUT2D eigenvalue weighted by Crippen LogP contribution is -2.40. The summed E-state index contributed by atoms with van der Waals surface area (Å²) in [6.45, 7) is 13.7. The van der Waals surface area contributed by atoms with Gasteiger partial charge in [-0.15, -0.1) is 0 Å². The quantitative estimate of drug-likeness (QED) is 0.605. The summed E-state index contributed by atoms with van der Waals surface area (Å²) in [6.07, 6.45) is 2.47. The molecule has 2 heteroatoms. The van der Waals surface area contributed by atoms with Crippen molar-refractivity contribution in [2.75, 3.05) is 33.2 Å². The molecule has 14 heavy (non-hydrogen) atoms. The number of nitrogens with one attached hydrogen (secondary N) is 1. The van der Waals surface area contributed by atoms with E-state index in [2.05, 4.69) is 45.0 Å². The maximum atomic E-state index is 3.53. The Morgan fingerprint density at radius 3 is 2.29 bits per heavy atom. The van der Waals surface area contributed by atoms with Gasteiger partial charge in [0, 0.05) is 13.1 Å². The first kappa shape index (κ1) is 13.9. The molecule has 0 aromatic heterocycles. The van der Waals surface area contributed by atoms with Crippen molar-refractivity contribution in [3.05, 3.63) is 0 Å². The molecule has 0 aliphatic rings. The molecule has 0 spiro atoms. The first-order chi connectivity index (χ1) is 6.58. The molecular formula is C12H28N2. The summed E-state index contributed by atoms with van der Waals surface area (Å²) >= 11 is 0. The second kappa shape index (κ2) is 7.24. The predicted octanol–water partition coefficient (Wildman–Crippen LogP) is 2.35. The minimum absolute atomic E-state index is 0.430. The molecule has 0 aromatic carbocycles. The summed E-state index contributed by atoms with van der Waals surface area (Å²) in [5.74, 6) is 0. The van der Waals surface area contributed by atoms with Gasteiger partial charge >= 0.3 is 0 Å². The van der Waals surface area contributed by atoms with E-state index in [4.69, 9.17) is 0 Å². The van der Waals surface area contributed by atoms with Gasteiger partial charge in [0.05, 0.1) is 0 Å². The van der Waals surface area contributed by atoms with Gasteiger partial charge in [0.25, 0.3) is 0 Å². The van der Waals surface area contributed by atoms with Crippen LogP contribution in [0.4, 0.5) is 0 Å². The number of nitrogens with zero attached hydrogens (tertiary/aromatic N) is 1. The third-order valence-electron chi connectivity index (χ3n) is 3.02. The highest BCUT2D eigenvalue weighted by Gasteiger charge is 2.22. The van der Waals surface area contributed by atoms with E-state index in [0.29, 0.717) is 5.41 Å². The lowest BCUT2D eigenvalue weighted by atomic mass is 9.87. The minimum atomic E-state index is 0.430. The maximum absolute atomic E-state index is 3.53. The van der Waals surface area contributed by atoms with Crippen LogP contribution in [0.2, 0.25) is 0 Å². The van der Waals surface area contributed by atoms with E-state index in [1.165, 1.54) is 19.4 Å². The van der Waals surface area contributed by atoms with Gasteiger partial charge in [-0.2, -0.15) is 0 Å². The zero-order valence-corrected chi connectivity index (χ0v) is 10.7. The molecule has 0 aromatic rings. The Balaban J connectivity index is 3.90. The monoisotopic (exact) mass is 200 g/mol. The summed E-state index contributed by atoms with van der Waals surface area (Å²) in [5, 5.41) is 3.53. The maximum Gasteiger partial charge on any atom is 0.00442 e. The highest BCUT2D eigenvalue weighted by Crippen LogP contribution is 2.20. The number of rotatable bonds is 8. The van der Waals surface area contributed by atoms with Crippen LogP contribution in [0.5, 0.6) is 0 Å². The van der Waals surface area contributed by atoms with E-state index in [1.807, 2.05) is 0 Å². The first-order valence-electron chi connectivity index (χ1n) is 5.97. The van der Waals surface area contributed by atoms with Crippen molar-refractivity contribution in [3.8, 4) is 0 Å². The van der Waals surface area contributed by atoms with Gasteiger partial charge in [-0.3, -0.25) is 0 Å². The molecule has 0 rings (SSSR count). The molecule has 0 aliphatic carbocycles. The van der Waals surface area contributed by atoms with E-state index in [9.17, 15) is 0 Å².